The van der Waals surface area contributed by atoms with E-state index in [-0.39, 0.29) is 11.3 Å². The second-order valence-corrected chi connectivity index (χ2v) is 6.96. The number of ketones is 1. The summed E-state index contributed by atoms with van der Waals surface area (Å²) < 4.78 is 0. The van der Waals surface area contributed by atoms with Gasteiger partial charge in [-0.15, -0.1) is 0 Å². The Morgan fingerprint density at radius 2 is 1.89 bits per heavy atom. The number of likely N-dealkylation sites (tertiary alicyclic amines) is 1. The van der Waals surface area contributed by atoms with Gasteiger partial charge in [-0.1, -0.05) is 13.8 Å². The third-order valence-corrected chi connectivity index (χ3v) is 4.98. The second kappa shape index (κ2) is 5.30. The van der Waals surface area contributed by atoms with Crippen molar-refractivity contribution in [2.45, 2.75) is 45.6 Å². The largest absolute Gasteiger partial charge is 0.306 e. The molecule has 0 bridgehead atoms. The van der Waals surface area contributed by atoms with E-state index in [1.807, 2.05) is 0 Å². The maximum absolute atomic E-state index is 12.3. The van der Waals surface area contributed by atoms with E-state index in [2.05, 4.69) is 37.7 Å². The molecule has 0 aromatic carbocycles. The fraction of sp³-hybridized carbons (Fsp3) is 0.933. The van der Waals surface area contributed by atoms with Crippen LogP contribution in [0.5, 0.6) is 0 Å². The van der Waals surface area contributed by atoms with Gasteiger partial charge in [0.25, 0.3) is 0 Å². The monoisotopic (exact) mass is 252 g/mol. The van der Waals surface area contributed by atoms with Gasteiger partial charge in [-0.3, -0.25) is 4.79 Å². The molecule has 0 spiro atoms. The van der Waals surface area contributed by atoms with Gasteiger partial charge in [-0.25, -0.2) is 0 Å². The number of rotatable bonds is 3. The van der Waals surface area contributed by atoms with Gasteiger partial charge in [0, 0.05) is 23.9 Å². The normalized spacial score (nSPS) is 30.3. The average molecular weight is 252 g/mol. The van der Waals surface area contributed by atoms with Crippen molar-refractivity contribution in [3.8, 4) is 0 Å². The SMILES string of the molecule is CN1CCC(N(C)CC2CCC(C)(C)C2=O)CC1. The number of hydrogen-bond donors (Lipinski definition) is 0. The van der Waals surface area contributed by atoms with Crippen LogP contribution in [-0.4, -0.2) is 55.4 Å². The van der Waals surface area contributed by atoms with Crippen LogP contribution in [0, 0.1) is 11.3 Å². The lowest BCUT2D eigenvalue weighted by Crippen LogP contribution is -2.44. The first kappa shape index (κ1) is 14.0. The van der Waals surface area contributed by atoms with E-state index in [1.54, 1.807) is 0 Å². The van der Waals surface area contributed by atoms with Gasteiger partial charge < -0.3 is 9.80 Å². The second-order valence-electron chi connectivity index (χ2n) is 6.96. The van der Waals surface area contributed by atoms with Crippen molar-refractivity contribution < 1.29 is 4.79 Å². The molecule has 3 nitrogen and oxygen atoms in total. The molecule has 1 heterocycles. The van der Waals surface area contributed by atoms with Crippen LogP contribution in [0.3, 0.4) is 0 Å². The van der Waals surface area contributed by atoms with Crippen LogP contribution in [-0.2, 0) is 4.79 Å². The molecule has 3 heteroatoms. The molecule has 1 aliphatic carbocycles. The molecule has 0 radical (unpaired) electrons. The highest BCUT2D eigenvalue weighted by molar-refractivity contribution is 5.88. The van der Waals surface area contributed by atoms with Crippen LogP contribution in [0.4, 0.5) is 0 Å². The highest BCUT2D eigenvalue weighted by Crippen LogP contribution is 2.38. The topological polar surface area (TPSA) is 23.6 Å². The number of carbonyl (C=O) groups is 1. The summed E-state index contributed by atoms with van der Waals surface area (Å²) in [6.07, 6.45) is 4.65. The molecule has 1 saturated carbocycles. The molecule has 104 valence electrons. The van der Waals surface area contributed by atoms with Crippen LogP contribution in [0.2, 0.25) is 0 Å². The van der Waals surface area contributed by atoms with Crippen molar-refractivity contribution in [3.63, 3.8) is 0 Å². The summed E-state index contributed by atoms with van der Waals surface area (Å²) in [5, 5.41) is 0. The van der Waals surface area contributed by atoms with E-state index in [0.717, 1.165) is 19.4 Å². The van der Waals surface area contributed by atoms with Crippen LogP contribution in [0.25, 0.3) is 0 Å². The summed E-state index contributed by atoms with van der Waals surface area (Å²) >= 11 is 0. The van der Waals surface area contributed by atoms with E-state index >= 15 is 0 Å². The molecule has 18 heavy (non-hydrogen) atoms. The lowest BCUT2D eigenvalue weighted by atomic mass is 9.89. The molecule has 1 aliphatic heterocycles. The Morgan fingerprint density at radius 1 is 1.28 bits per heavy atom. The Balaban J connectivity index is 1.85. The van der Waals surface area contributed by atoms with Gasteiger partial charge in [0.2, 0.25) is 0 Å². The molecule has 1 saturated heterocycles. The summed E-state index contributed by atoms with van der Waals surface area (Å²) in [5.74, 6) is 0.770. The van der Waals surface area contributed by atoms with Gasteiger partial charge in [-0.2, -0.15) is 0 Å². The third-order valence-electron chi connectivity index (χ3n) is 4.98. The van der Waals surface area contributed by atoms with Crippen molar-refractivity contribution in [1.29, 1.82) is 0 Å². The Labute approximate surface area is 112 Å². The molecular weight excluding hydrogens is 224 g/mol. The molecule has 0 aromatic heterocycles. The molecule has 1 atom stereocenters. The summed E-state index contributed by atoms with van der Waals surface area (Å²) in [6, 6.07) is 0.678. The summed E-state index contributed by atoms with van der Waals surface area (Å²) in [5.41, 5.74) is -0.0711. The van der Waals surface area contributed by atoms with E-state index in [1.165, 1.54) is 25.9 Å². The molecule has 0 N–H and O–H groups in total. The molecular formula is C15H28N2O. The fourth-order valence-corrected chi connectivity index (χ4v) is 3.45. The number of Topliss-reactive ketones (excluding diaryl/α,β-unsaturated/α-hetero) is 1. The smallest absolute Gasteiger partial charge is 0.142 e. The Bertz CT molecular complexity index is 306. The van der Waals surface area contributed by atoms with Crippen LogP contribution >= 0.6 is 0 Å². The summed E-state index contributed by atoms with van der Waals surface area (Å²) in [7, 11) is 4.40. The van der Waals surface area contributed by atoms with Gasteiger partial charge in [0.15, 0.2) is 0 Å². The van der Waals surface area contributed by atoms with Crippen LogP contribution in [0.15, 0.2) is 0 Å². The highest BCUT2D eigenvalue weighted by Gasteiger charge is 2.41. The minimum Gasteiger partial charge on any atom is -0.306 e. The van der Waals surface area contributed by atoms with E-state index in [0.29, 0.717) is 11.8 Å². The summed E-state index contributed by atoms with van der Waals surface area (Å²) in [4.78, 5) is 17.1. The zero-order valence-electron chi connectivity index (χ0n) is 12.4. The van der Waals surface area contributed by atoms with Crippen molar-refractivity contribution in [2.24, 2.45) is 11.3 Å². The van der Waals surface area contributed by atoms with Crippen LogP contribution in [0.1, 0.15) is 39.5 Å². The first-order valence-electron chi connectivity index (χ1n) is 7.33. The van der Waals surface area contributed by atoms with E-state index in [4.69, 9.17) is 0 Å². The quantitative estimate of drug-likeness (QED) is 0.768. The fourth-order valence-electron chi connectivity index (χ4n) is 3.45. The van der Waals surface area contributed by atoms with Gasteiger partial charge in [-0.05, 0) is 52.9 Å². The lowest BCUT2D eigenvalue weighted by Gasteiger charge is -2.36. The molecule has 2 aliphatic rings. The zero-order chi connectivity index (χ0) is 13.3. The third kappa shape index (κ3) is 2.94. The van der Waals surface area contributed by atoms with E-state index < -0.39 is 0 Å². The highest BCUT2D eigenvalue weighted by atomic mass is 16.1. The molecule has 2 rings (SSSR count). The minimum atomic E-state index is -0.0711. The first-order chi connectivity index (χ1) is 8.40. The van der Waals surface area contributed by atoms with Crippen molar-refractivity contribution in [1.82, 2.24) is 9.80 Å². The van der Waals surface area contributed by atoms with Gasteiger partial charge in [0.1, 0.15) is 5.78 Å². The number of carbonyl (C=O) groups excluding carboxylic acids is 1. The maximum Gasteiger partial charge on any atom is 0.142 e. The van der Waals surface area contributed by atoms with E-state index in [9.17, 15) is 4.79 Å². The Hall–Kier alpha value is -0.410. The zero-order valence-corrected chi connectivity index (χ0v) is 12.4. The predicted octanol–water partition coefficient (Wildman–Crippen LogP) is 2.02. The average Bonchev–Trinajstić information content (AvgIpc) is 2.57. The first-order valence-corrected chi connectivity index (χ1v) is 7.33. The standard InChI is InChI=1S/C15H28N2O/c1-15(2)8-5-12(14(15)18)11-17(4)13-6-9-16(3)10-7-13/h12-13H,5-11H2,1-4H3. The van der Waals surface area contributed by atoms with Crippen LogP contribution < -0.4 is 0 Å². The molecule has 0 amide bonds. The minimum absolute atomic E-state index is 0.0711. The number of hydrogen-bond acceptors (Lipinski definition) is 3. The molecule has 0 aromatic rings. The Morgan fingerprint density at radius 3 is 2.39 bits per heavy atom. The molecule has 2 fully saturated rings. The predicted molar refractivity (Wildman–Crippen MR) is 74.7 cm³/mol. The maximum atomic E-state index is 12.3. The number of piperidine rings is 1. The summed E-state index contributed by atoms with van der Waals surface area (Å²) in [6.45, 7) is 7.56. The van der Waals surface area contributed by atoms with Crippen molar-refractivity contribution in [2.75, 3.05) is 33.7 Å². The van der Waals surface area contributed by atoms with Gasteiger partial charge in [0.05, 0.1) is 0 Å². The Kier molecular flexibility index (Phi) is 4.12. The van der Waals surface area contributed by atoms with Gasteiger partial charge >= 0.3 is 0 Å². The van der Waals surface area contributed by atoms with Crippen molar-refractivity contribution >= 4 is 5.78 Å². The molecule has 1 unspecified atom stereocenters. The number of nitrogens with zero attached hydrogens (tertiary/aromatic N) is 2. The lowest BCUT2D eigenvalue weighted by molar-refractivity contribution is -0.128. The van der Waals surface area contributed by atoms with Crippen molar-refractivity contribution in [3.05, 3.63) is 0 Å².